The first-order valence-corrected chi connectivity index (χ1v) is 11.8. The molecule has 0 bridgehead atoms. The lowest BCUT2D eigenvalue weighted by atomic mass is 10.1. The molecule has 0 saturated carbocycles. The number of sulfonamides is 1. The van der Waals surface area contributed by atoms with Gasteiger partial charge in [0, 0.05) is 30.2 Å². The fraction of sp³-hybridized carbons (Fsp3) is 0.0435. The number of primary sulfonamides is 1. The Morgan fingerprint density at radius 2 is 1.77 bits per heavy atom. The molecule has 12 heteroatoms. The van der Waals surface area contributed by atoms with Crippen LogP contribution in [0.5, 0.6) is 0 Å². The molecule has 3 heterocycles. The summed E-state index contributed by atoms with van der Waals surface area (Å²) in [6.07, 6.45) is 5.13. The predicted octanol–water partition coefficient (Wildman–Crippen LogP) is 1.88. The first kappa shape index (κ1) is 22.5. The van der Waals surface area contributed by atoms with Gasteiger partial charge in [0.1, 0.15) is 23.4 Å². The summed E-state index contributed by atoms with van der Waals surface area (Å²) in [5.74, 6) is -0.765. The van der Waals surface area contributed by atoms with Gasteiger partial charge >= 0.3 is 0 Å². The van der Waals surface area contributed by atoms with Crippen molar-refractivity contribution in [2.75, 3.05) is 0 Å². The van der Waals surface area contributed by atoms with E-state index in [1.165, 1.54) is 37.1 Å². The summed E-state index contributed by atoms with van der Waals surface area (Å²) in [4.78, 5) is 25.3. The van der Waals surface area contributed by atoms with Crippen molar-refractivity contribution < 1.29 is 12.8 Å². The number of halogens is 1. The number of rotatable bonds is 5. The number of aromatic nitrogens is 5. The molecule has 0 unspecified atom stereocenters. The molecule has 0 aliphatic carbocycles. The predicted molar refractivity (Wildman–Crippen MR) is 127 cm³/mol. The second-order valence-electron chi connectivity index (χ2n) is 7.66. The van der Waals surface area contributed by atoms with Crippen LogP contribution in [0, 0.1) is 5.82 Å². The Morgan fingerprint density at radius 1 is 1.00 bits per heavy atom. The Labute approximate surface area is 198 Å². The number of nitrogens with two attached hydrogens (primary N) is 2. The molecule has 0 aliphatic rings. The minimum Gasteiger partial charge on any atom is -0.326 e. The Hall–Kier alpha value is -4.26. The van der Waals surface area contributed by atoms with Gasteiger partial charge in [0.15, 0.2) is 11.2 Å². The molecule has 0 aliphatic heterocycles. The van der Waals surface area contributed by atoms with Crippen molar-refractivity contribution in [2.24, 2.45) is 10.9 Å². The van der Waals surface area contributed by atoms with E-state index in [1.807, 2.05) is 18.2 Å². The minimum absolute atomic E-state index is 0.0668. The monoisotopic (exact) mass is 491 g/mol. The summed E-state index contributed by atoms with van der Waals surface area (Å²) in [5.41, 5.74) is 7.46. The Kier molecular flexibility index (Phi) is 5.47. The number of benzene rings is 2. The molecular weight excluding hydrogens is 473 g/mol. The molecule has 3 aromatic heterocycles. The van der Waals surface area contributed by atoms with E-state index >= 15 is 4.39 Å². The van der Waals surface area contributed by atoms with E-state index in [2.05, 4.69) is 15.0 Å². The summed E-state index contributed by atoms with van der Waals surface area (Å²) >= 11 is 0. The number of hydrogen-bond acceptors (Lipinski definition) is 7. The van der Waals surface area contributed by atoms with Gasteiger partial charge in [0.2, 0.25) is 10.0 Å². The van der Waals surface area contributed by atoms with Gasteiger partial charge in [0.05, 0.1) is 5.69 Å². The van der Waals surface area contributed by atoms with Gasteiger partial charge in [-0.05, 0) is 41.5 Å². The fourth-order valence-corrected chi connectivity index (χ4v) is 4.53. The van der Waals surface area contributed by atoms with E-state index in [-0.39, 0.29) is 32.9 Å². The summed E-state index contributed by atoms with van der Waals surface area (Å²) in [7, 11) is -4.09. The molecule has 35 heavy (non-hydrogen) atoms. The van der Waals surface area contributed by atoms with Crippen LogP contribution in [0.25, 0.3) is 33.7 Å². The number of imidazole rings is 1. The molecule has 4 N–H and O–H groups in total. The number of fused-ring (bicyclic) bond motifs is 1. The molecule has 5 aromatic rings. The van der Waals surface area contributed by atoms with Crippen LogP contribution in [0.2, 0.25) is 0 Å². The van der Waals surface area contributed by atoms with Gasteiger partial charge in [-0.15, -0.1) is 0 Å². The summed E-state index contributed by atoms with van der Waals surface area (Å²) < 4.78 is 41.7. The zero-order chi connectivity index (χ0) is 24.7. The van der Waals surface area contributed by atoms with Crippen molar-refractivity contribution in [1.29, 1.82) is 0 Å². The first-order valence-electron chi connectivity index (χ1n) is 10.3. The molecule has 0 spiro atoms. The molecule has 0 radical (unpaired) electrons. The summed E-state index contributed by atoms with van der Waals surface area (Å²) in [6, 6.07) is 12.7. The lowest BCUT2D eigenvalue weighted by Gasteiger charge is -2.11. The van der Waals surface area contributed by atoms with Crippen LogP contribution in [0.3, 0.4) is 0 Å². The Balaban J connectivity index is 1.64. The van der Waals surface area contributed by atoms with E-state index < -0.39 is 21.4 Å². The molecular formula is C23H18FN7O3S. The van der Waals surface area contributed by atoms with Crippen molar-refractivity contribution in [2.45, 2.75) is 11.4 Å². The van der Waals surface area contributed by atoms with Gasteiger partial charge in [-0.25, -0.2) is 27.9 Å². The quantitative estimate of drug-likeness (QED) is 0.381. The van der Waals surface area contributed by atoms with E-state index in [9.17, 15) is 13.2 Å². The zero-order valence-corrected chi connectivity index (χ0v) is 18.9. The molecule has 0 saturated heterocycles. The highest BCUT2D eigenvalue weighted by Crippen LogP contribution is 2.28. The maximum atomic E-state index is 15.3. The lowest BCUT2D eigenvalue weighted by Crippen LogP contribution is -2.21. The maximum absolute atomic E-state index is 15.3. The molecule has 176 valence electrons. The standard InChI is InChI=1S/C23H18FN7O3S/c24-18-9-15(17-6-7-27-11-20(17)35(26,33)34)4-5-19(18)31-13-29-22-21(23(31)32)30(12-28-22)16-3-1-2-14(8-16)10-25/h1-9,11-13H,10,25H2,(H2,26,33,34). The van der Waals surface area contributed by atoms with Gasteiger partial charge in [-0.2, -0.15) is 0 Å². The van der Waals surface area contributed by atoms with Crippen LogP contribution >= 0.6 is 0 Å². The second kappa shape index (κ2) is 8.51. The lowest BCUT2D eigenvalue weighted by molar-refractivity contribution is 0.597. The van der Waals surface area contributed by atoms with Crippen molar-refractivity contribution in [3.63, 3.8) is 0 Å². The number of hydrogen-bond donors (Lipinski definition) is 2. The summed E-state index contributed by atoms with van der Waals surface area (Å²) in [6.45, 7) is 0.325. The van der Waals surface area contributed by atoms with E-state index in [0.717, 1.165) is 22.4 Å². The van der Waals surface area contributed by atoms with Crippen LogP contribution in [0.1, 0.15) is 5.56 Å². The first-order chi connectivity index (χ1) is 16.8. The Morgan fingerprint density at radius 3 is 2.49 bits per heavy atom. The van der Waals surface area contributed by atoms with Crippen molar-refractivity contribution >= 4 is 21.2 Å². The molecule has 0 atom stereocenters. The van der Waals surface area contributed by atoms with Gasteiger partial charge in [-0.3, -0.25) is 18.9 Å². The molecule has 5 rings (SSSR count). The Bertz CT molecular complexity index is 1760. The third-order valence-corrected chi connectivity index (χ3v) is 6.44. The fourth-order valence-electron chi connectivity index (χ4n) is 3.83. The highest BCUT2D eigenvalue weighted by molar-refractivity contribution is 7.89. The largest absolute Gasteiger partial charge is 0.326 e. The molecule has 2 aromatic carbocycles. The molecule has 0 fully saturated rings. The summed E-state index contributed by atoms with van der Waals surface area (Å²) in [5, 5.41) is 5.27. The smallest absolute Gasteiger partial charge is 0.284 e. The van der Waals surface area contributed by atoms with Gasteiger partial charge in [-0.1, -0.05) is 18.2 Å². The van der Waals surface area contributed by atoms with Crippen LogP contribution < -0.4 is 16.4 Å². The zero-order valence-electron chi connectivity index (χ0n) is 18.0. The van der Waals surface area contributed by atoms with E-state index in [4.69, 9.17) is 10.9 Å². The average molecular weight is 492 g/mol. The second-order valence-corrected chi connectivity index (χ2v) is 9.19. The maximum Gasteiger partial charge on any atom is 0.284 e. The van der Waals surface area contributed by atoms with Gasteiger partial charge in [0.25, 0.3) is 5.56 Å². The van der Waals surface area contributed by atoms with E-state index in [0.29, 0.717) is 12.2 Å². The third kappa shape index (κ3) is 3.99. The van der Waals surface area contributed by atoms with Crippen LogP contribution in [-0.4, -0.2) is 32.5 Å². The SMILES string of the molecule is NCc1cccc(-n2cnc3ncn(-c4ccc(-c5ccncc5S(N)(=O)=O)cc4F)c(=O)c32)c1. The van der Waals surface area contributed by atoms with E-state index in [1.54, 1.807) is 10.6 Å². The normalized spacial score (nSPS) is 11.7. The highest BCUT2D eigenvalue weighted by Gasteiger charge is 2.19. The minimum atomic E-state index is -4.09. The van der Waals surface area contributed by atoms with Crippen LogP contribution in [0.4, 0.5) is 4.39 Å². The van der Waals surface area contributed by atoms with Crippen molar-refractivity contribution in [3.8, 4) is 22.5 Å². The van der Waals surface area contributed by atoms with Crippen molar-refractivity contribution in [3.05, 3.63) is 95.3 Å². The third-order valence-electron chi connectivity index (χ3n) is 5.50. The average Bonchev–Trinajstić information content (AvgIpc) is 3.29. The molecule has 0 amide bonds. The van der Waals surface area contributed by atoms with Crippen molar-refractivity contribution in [1.82, 2.24) is 24.1 Å². The topological polar surface area (TPSA) is 152 Å². The van der Waals surface area contributed by atoms with Gasteiger partial charge < -0.3 is 5.73 Å². The number of nitrogens with zero attached hydrogens (tertiary/aromatic N) is 5. The highest BCUT2D eigenvalue weighted by atomic mass is 32.2. The molecule has 10 nitrogen and oxygen atoms in total. The van der Waals surface area contributed by atoms with Crippen LogP contribution in [0.15, 0.2) is 83.3 Å². The van der Waals surface area contributed by atoms with Crippen LogP contribution in [-0.2, 0) is 16.6 Å². The number of pyridine rings is 1.